The molecule has 2 heterocycles. The highest BCUT2D eigenvalue weighted by Gasteiger charge is 2.12. The molecule has 26 heavy (non-hydrogen) atoms. The molecule has 0 atom stereocenters. The normalized spacial score (nSPS) is 10.5. The highest BCUT2D eigenvalue weighted by atomic mass is 19.1. The second kappa shape index (κ2) is 7.06. The number of hydrogen-bond donors (Lipinski definition) is 1. The summed E-state index contributed by atoms with van der Waals surface area (Å²) >= 11 is 0. The lowest BCUT2D eigenvalue weighted by Gasteiger charge is -2.10. The highest BCUT2D eigenvalue weighted by Crippen LogP contribution is 2.26. The Kier molecular flexibility index (Phi) is 4.30. The first-order valence-electron chi connectivity index (χ1n) is 8.03. The smallest absolute Gasteiger partial charge is 0.228 e. The lowest BCUT2D eigenvalue weighted by molar-refractivity contribution is 0.630. The second-order valence-corrected chi connectivity index (χ2v) is 5.51. The zero-order valence-corrected chi connectivity index (χ0v) is 13.7. The molecular weight excluding hydrogens is 329 g/mol. The predicted octanol–water partition coefficient (Wildman–Crippen LogP) is 4.48. The SMILES string of the molecule is Fc1ccccc1-c1cc(Nc2ncccn2)nc(-c2ccccc2)n1. The number of nitrogens with zero attached hydrogens (tertiary/aromatic N) is 4. The molecule has 4 rings (SSSR count). The van der Waals surface area contributed by atoms with E-state index in [-0.39, 0.29) is 5.82 Å². The van der Waals surface area contributed by atoms with Gasteiger partial charge in [-0.05, 0) is 18.2 Å². The van der Waals surface area contributed by atoms with Crippen LogP contribution < -0.4 is 5.32 Å². The molecular formula is C20H14FN5. The van der Waals surface area contributed by atoms with E-state index in [1.165, 1.54) is 6.07 Å². The van der Waals surface area contributed by atoms with Gasteiger partial charge in [0.05, 0.1) is 5.69 Å². The number of hydrogen-bond acceptors (Lipinski definition) is 5. The first-order chi connectivity index (χ1) is 12.8. The second-order valence-electron chi connectivity index (χ2n) is 5.51. The fraction of sp³-hybridized carbons (Fsp3) is 0. The molecule has 0 saturated carbocycles. The monoisotopic (exact) mass is 343 g/mol. The quantitative estimate of drug-likeness (QED) is 0.592. The lowest BCUT2D eigenvalue weighted by Crippen LogP contribution is -2.02. The van der Waals surface area contributed by atoms with Gasteiger partial charge in [-0.3, -0.25) is 0 Å². The van der Waals surface area contributed by atoms with Gasteiger partial charge in [0.25, 0.3) is 0 Å². The summed E-state index contributed by atoms with van der Waals surface area (Å²) < 4.78 is 14.3. The molecule has 0 bridgehead atoms. The van der Waals surface area contributed by atoms with Crippen molar-refractivity contribution >= 4 is 11.8 Å². The van der Waals surface area contributed by atoms with Crippen LogP contribution in [0.15, 0.2) is 79.1 Å². The van der Waals surface area contributed by atoms with Crippen LogP contribution in [-0.2, 0) is 0 Å². The molecule has 0 amide bonds. The molecule has 0 fully saturated rings. The third-order valence-corrected chi connectivity index (χ3v) is 3.71. The maximum absolute atomic E-state index is 14.3. The van der Waals surface area contributed by atoms with E-state index in [1.54, 1.807) is 42.7 Å². The summed E-state index contributed by atoms with van der Waals surface area (Å²) in [6, 6.07) is 19.5. The van der Waals surface area contributed by atoms with Gasteiger partial charge >= 0.3 is 0 Å². The minimum atomic E-state index is -0.341. The fourth-order valence-electron chi connectivity index (χ4n) is 2.51. The molecule has 2 aromatic heterocycles. The number of rotatable bonds is 4. The van der Waals surface area contributed by atoms with Crippen LogP contribution in [0.4, 0.5) is 16.2 Å². The zero-order valence-electron chi connectivity index (χ0n) is 13.7. The van der Waals surface area contributed by atoms with Crippen LogP contribution in [0.1, 0.15) is 0 Å². The van der Waals surface area contributed by atoms with Crippen molar-refractivity contribution in [3.63, 3.8) is 0 Å². The summed E-state index contributed by atoms with van der Waals surface area (Å²) in [5, 5.41) is 3.05. The van der Waals surface area contributed by atoms with Crippen molar-refractivity contribution in [3.8, 4) is 22.6 Å². The van der Waals surface area contributed by atoms with Gasteiger partial charge < -0.3 is 5.32 Å². The molecule has 2 aromatic carbocycles. The summed E-state index contributed by atoms with van der Waals surface area (Å²) in [6.07, 6.45) is 3.26. The first kappa shape index (κ1) is 15.8. The van der Waals surface area contributed by atoms with Gasteiger partial charge in [0.15, 0.2) is 5.82 Å². The van der Waals surface area contributed by atoms with Crippen molar-refractivity contribution in [2.75, 3.05) is 5.32 Å². The summed E-state index contributed by atoms with van der Waals surface area (Å²) in [6.45, 7) is 0. The minimum Gasteiger partial charge on any atom is -0.309 e. The first-order valence-corrected chi connectivity index (χ1v) is 8.03. The fourth-order valence-corrected chi connectivity index (χ4v) is 2.51. The van der Waals surface area contributed by atoms with E-state index >= 15 is 0 Å². The third kappa shape index (κ3) is 3.39. The topological polar surface area (TPSA) is 63.6 Å². The van der Waals surface area contributed by atoms with E-state index in [9.17, 15) is 4.39 Å². The largest absolute Gasteiger partial charge is 0.309 e. The molecule has 0 unspecified atom stereocenters. The minimum absolute atomic E-state index is 0.341. The molecule has 0 aliphatic carbocycles. The van der Waals surface area contributed by atoms with Gasteiger partial charge in [-0.25, -0.2) is 24.3 Å². The van der Waals surface area contributed by atoms with Crippen molar-refractivity contribution in [1.29, 1.82) is 0 Å². The molecule has 5 nitrogen and oxygen atoms in total. The standard InChI is InChI=1S/C20H14FN5/c21-16-10-5-4-9-15(16)17-13-18(26-20-22-11-6-12-23-20)25-19(24-17)14-7-2-1-3-8-14/h1-13H,(H,22,23,24,25,26). The lowest BCUT2D eigenvalue weighted by atomic mass is 10.1. The van der Waals surface area contributed by atoms with Crippen LogP contribution in [0.3, 0.4) is 0 Å². The van der Waals surface area contributed by atoms with Crippen molar-refractivity contribution < 1.29 is 4.39 Å². The van der Waals surface area contributed by atoms with E-state index in [1.807, 2.05) is 30.3 Å². The molecule has 126 valence electrons. The van der Waals surface area contributed by atoms with Gasteiger partial charge in [-0.1, -0.05) is 42.5 Å². The van der Waals surface area contributed by atoms with Gasteiger partial charge in [0, 0.05) is 29.6 Å². The van der Waals surface area contributed by atoms with E-state index in [2.05, 4.69) is 25.3 Å². The van der Waals surface area contributed by atoms with Crippen molar-refractivity contribution in [3.05, 3.63) is 84.9 Å². The Labute approximate surface area is 149 Å². The number of halogens is 1. The number of benzene rings is 2. The maximum Gasteiger partial charge on any atom is 0.228 e. The Hall–Kier alpha value is -3.67. The number of nitrogens with one attached hydrogen (secondary N) is 1. The van der Waals surface area contributed by atoms with E-state index in [4.69, 9.17) is 0 Å². The predicted molar refractivity (Wildman–Crippen MR) is 98.2 cm³/mol. The Morgan fingerprint density at radius 2 is 1.50 bits per heavy atom. The zero-order chi connectivity index (χ0) is 17.8. The summed E-state index contributed by atoms with van der Waals surface area (Å²) in [4.78, 5) is 17.4. The van der Waals surface area contributed by atoms with Crippen LogP contribution in [0.5, 0.6) is 0 Å². The number of aromatic nitrogens is 4. The molecule has 1 N–H and O–H groups in total. The summed E-state index contributed by atoms with van der Waals surface area (Å²) in [5.74, 6) is 1.05. The molecule has 6 heteroatoms. The molecule has 4 aromatic rings. The van der Waals surface area contributed by atoms with Crippen LogP contribution >= 0.6 is 0 Å². The van der Waals surface area contributed by atoms with Gasteiger partial charge in [0.2, 0.25) is 5.95 Å². The van der Waals surface area contributed by atoms with Crippen molar-refractivity contribution in [2.45, 2.75) is 0 Å². The number of anilines is 2. The van der Waals surface area contributed by atoms with Crippen LogP contribution in [-0.4, -0.2) is 19.9 Å². The molecule has 0 aliphatic heterocycles. The van der Waals surface area contributed by atoms with Gasteiger partial charge in [-0.15, -0.1) is 0 Å². The van der Waals surface area contributed by atoms with E-state index in [0.29, 0.717) is 28.8 Å². The maximum atomic E-state index is 14.3. The Bertz CT molecular complexity index is 1020. The Morgan fingerprint density at radius 3 is 2.27 bits per heavy atom. The molecule has 0 aliphatic rings. The van der Waals surface area contributed by atoms with Crippen LogP contribution in [0.25, 0.3) is 22.6 Å². The van der Waals surface area contributed by atoms with Gasteiger partial charge in [-0.2, -0.15) is 0 Å². The molecule has 0 spiro atoms. The van der Waals surface area contributed by atoms with Crippen molar-refractivity contribution in [2.24, 2.45) is 0 Å². The van der Waals surface area contributed by atoms with Gasteiger partial charge in [0.1, 0.15) is 11.6 Å². The summed E-state index contributed by atoms with van der Waals surface area (Å²) in [5.41, 5.74) is 1.72. The van der Waals surface area contributed by atoms with Crippen LogP contribution in [0.2, 0.25) is 0 Å². The van der Waals surface area contributed by atoms with Crippen LogP contribution in [0, 0.1) is 5.82 Å². The molecule has 0 saturated heterocycles. The average molecular weight is 343 g/mol. The van der Waals surface area contributed by atoms with Crippen molar-refractivity contribution in [1.82, 2.24) is 19.9 Å². The average Bonchev–Trinajstić information content (AvgIpc) is 2.69. The Balaban J connectivity index is 1.83. The van der Waals surface area contributed by atoms with E-state index < -0.39 is 0 Å². The van der Waals surface area contributed by atoms with E-state index in [0.717, 1.165) is 5.56 Å². The summed E-state index contributed by atoms with van der Waals surface area (Å²) in [7, 11) is 0. The third-order valence-electron chi connectivity index (χ3n) is 3.71. The Morgan fingerprint density at radius 1 is 0.769 bits per heavy atom. The highest BCUT2D eigenvalue weighted by molar-refractivity contribution is 5.69. The molecule has 0 radical (unpaired) electrons.